The van der Waals surface area contributed by atoms with Gasteiger partial charge in [-0.1, -0.05) is 12.1 Å². The van der Waals surface area contributed by atoms with Crippen molar-refractivity contribution in [1.82, 2.24) is 14.9 Å². The van der Waals surface area contributed by atoms with Gasteiger partial charge in [-0.3, -0.25) is 4.79 Å². The SMILES string of the molecule is Cn1ccnc1[C@@H](NC(=O)c1ccc(F)cc1F)c1ccc(F)cc1. The highest BCUT2D eigenvalue weighted by atomic mass is 19.1. The van der Waals surface area contributed by atoms with Gasteiger partial charge in [-0.15, -0.1) is 0 Å². The lowest BCUT2D eigenvalue weighted by Gasteiger charge is -2.19. The summed E-state index contributed by atoms with van der Waals surface area (Å²) >= 11 is 0. The lowest BCUT2D eigenvalue weighted by atomic mass is 10.0. The third kappa shape index (κ3) is 3.55. The zero-order valence-corrected chi connectivity index (χ0v) is 13.2. The molecule has 1 heterocycles. The first-order chi connectivity index (χ1) is 12.0. The normalized spacial score (nSPS) is 12.0. The van der Waals surface area contributed by atoms with E-state index in [2.05, 4.69) is 10.3 Å². The van der Waals surface area contributed by atoms with Crippen molar-refractivity contribution in [3.8, 4) is 0 Å². The van der Waals surface area contributed by atoms with Crippen molar-refractivity contribution in [3.63, 3.8) is 0 Å². The molecule has 0 aliphatic rings. The third-order valence-electron chi connectivity index (χ3n) is 3.77. The van der Waals surface area contributed by atoms with Gasteiger partial charge in [-0.05, 0) is 29.8 Å². The fraction of sp³-hybridized carbons (Fsp3) is 0.111. The molecule has 3 aromatic rings. The van der Waals surface area contributed by atoms with Gasteiger partial charge >= 0.3 is 0 Å². The first kappa shape index (κ1) is 16.8. The molecule has 25 heavy (non-hydrogen) atoms. The predicted molar refractivity (Wildman–Crippen MR) is 85.3 cm³/mol. The molecule has 1 aromatic heterocycles. The Kier molecular flexibility index (Phi) is 4.56. The molecular weight excluding hydrogens is 331 g/mol. The van der Waals surface area contributed by atoms with E-state index in [1.54, 1.807) is 24.0 Å². The molecule has 0 aliphatic heterocycles. The summed E-state index contributed by atoms with van der Waals surface area (Å²) in [6.07, 6.45) is 3.24. The molecule has 0 saturated carbocycles. The number of aromatic nitrogens is 2. The van der Waals surface area contributed by atoms with Gasteiger partial charge in [-0.2, -0.15) is 0 Å². The van der Waals surface area contributed by atoms with E-state index in [1.807, 2.05) is 0 Å². The molecule has 1 atom stereocenters. The van der Waals surface area contributed by atoms with Crippen molar-refractivity contribution in [2.45, 2.75) is 6.04 Å². The van der Waals surface area contributed by atoms with Crippen molar-refractivity contribution in [3.05, 3.63) is 89.3 Å². The summed E-state index contributed by atoms with van der Waals surface area (Å²) in [6, 6.07) is 7.53. The highest BCUT2D eigenvalue weighted by molar-refractivity contribution is 5.94. The quantitative estimate of drug-likeness (QED) is 0.788. The molecule has 0 fully saturated rings. The second-order valence-electron chi connectivity index (χ2n) is 5.48. The maximum absolute atomic E-state index is 13.9. The minimum absolute atomic E-state index is 0.289. The number of imidazole rings is 1. The number of carbonyl (C=O) groups is 1. The monoisotopic (exact) mass is 345 g/mol. The van der Waals surface area contributed by atoms with E-state index in [-0.39, 0.29) is 5.56 Å². The Morgan fingerprint density at radius 3 is 2.36 bits per heavy atom. The van der Waals surface area contributed by atoms with Crippen molar-refractivity contribution >= 4 is 5.91 Å². The van der Waals surface area contributed by atoms with Crippen LogP contribution in [0.3, 0.4) is 0 Å². The van der Waals surface area contributed by atoms with Crippen molar-refractivity contribution in [1.29, 1.82) is 0 Å². The molecule has 128 valence electrons. The van der Waals surface area contributed by atoms with E-state index < -0.39 is 29.4 Å². The Balaban J connectivity index is 1.96. The Labute approximate surface area is 141 Å². The molecule has 2 aromatic carbocycles. The minimum atomic E-state index is -0.963. The lowest BCUT2D eigenvalue weighted by molar-refractivity contribution is 0.0937. The molecule has 7 heteroatoms. The average molecular weight is 345 g/mol. The average Bonchev–Trinajstić information content (AvgIpc) is 2.99. The summed E-state index contributed by atoms with van der Waals surface area (Å²) in [5.74, 6) is -2.39. The number of rotatable bonds is 4. The van der Waals surface area contributed by atoms with Gasteiger partial charge in [0, 0.05) is 25.5 Å². The molecule has 0 spiro atoms. The Morgan fingerprint density at radius 1 is 1.08 bits per heavy atom. The number of nitrogens with one attached hydrogen (secondary N) is 1. The predicted octanol–water partition coefficient (Wildman–Crippen LogP) is 3.36. The Morgan fingerprint density at radius 2 is 1.76 bits per heavy atom. The summed E-state index contributed by atoms with van der Waals surface area (Å²) in [5.41, 5.74) is 0.286. The zero-order valence-electron chi connectivity index (χ0n) is 13.2. The highest BCUT2D eigenvalue weighted by Crippen LogP contribution is 2.22. The van der Waals surface area contributed by atoms with Crippen molar-refractivity contribution < 1.29 is 18.0 Å². The van der Waals surface area contributed by atoms with Crippen LogP contribution in [0.2, 0.25) is 0 Å². The summed E-state index contributed by atoms with van der Waals surface area (Å²) < 4.78 is 41.8. The van der Waals surface area contributed by atoms with Gasteiger partial charge in [0.2, 0.25) is 0 Å². The maximum atomic E-state index is 13.9. The molecule has 0 bridgehead atoms. The number of nitrogens with zero attached hydrogens (tertiary/aromatic N) is 2. The lowest BCUT2D eigenvalue weighted by Crippen LogP contribution is -2.31. The molecular formula is C18H14F3N3O. The van der Waals surface area contributed by atoms with Crippen molar-refractivity contribution in [2.24, 2.45) is 7.05 Å². The molecule has 4 nitrogen and oxygen atoms in total. The van der Waals surface area contributed by atoms with Gasteiger partial charge in [-0.25, -0.2) is 18.2 Å². The van der Waals surface area contributed by atoms with Crippen LogP contribution < -0.4 is 5.32 Å². The van der Waals surface area contributed by atoms with Crippen LogP contribution in [0.15, 0.2) is 54.9 Å². The highest BCUT2D eigenvalue weighted by Gasteiger charge is 2.23. The number of halogens is 3. The third-order valence-corrected chi connectivity index (χ3v) is 3.77. The largest absolute Gasteiger partial charge is 0.338 e. The summed E-state index contributed by atoms with van der Waals surface area (Å²) in [7, 11) is 1.74. The van der Waals surface area contributed by atoms with Crippen molar-refractivity contribution in [2.75, 3.05) is 0 Å². The Hall–Kier alpha value is -3.09. The molecule has 0 unspecified atom stereocenters. The first-order valence-electron chi connectivity index (χ1n) is 7.44. The van der Waals surface area contributed by atoms with Crippen LogP contribution >= 0.6 is 0 Å². The number of hydrogen-bond acceptors (Lipinski definition) is 2. The number of carbonyl (C=O) groups excluding carboxylic acids is 1. The zero-order chi connectivity index (χ0) is 18.0. The van der Waals surface area contributed by atoms with Crippen LogP contribution in [0.1, 0.15) is 27.8 Å². The number of amides is 1. The van der Waals surface area contributed by atoms with E-state index in [0.717, 1.165) is 12.1 Å². The molecule has 0 saturated heterocycles. The Bertz CT molecular complexity index is 906. The second-order valence-corrected chi connectivity index (χ2v) is 5.48. The van der Waals surface area contributed by atoms with Gasteiger partial charge < -0.3 is 9.88 Å². The van der Waals surface area contributed by atoms with Crippen LogP contribution in [0.25, 0.3) is 0 Å². The summed E-state index contributed by atoms with van der Waals surface area (Å²) in [5, 5.41) is 2.67. The van der Waals surface area contributed by atoms with Gasteiger partial charge in [0.05, 0.1) is 5.56 Å². The summed E-state index contributed by atoms with van der Waals surface area (Å²) in [4.78, 5) is 16.6. The fourth-order valence-electron chi connectivity index (χ4n) is 2.49. The van der Waals surface area contributed by atoms with Gasteiger partial charge in [0.1, 0.15) is 29.3 Å². The maximum Gasteiger partial charge on any atom is 0.255 e. The smallest absolute Gasteiger partial charge is 0.255 e. The minimum Gasteiger partial charge on any atom is -0.338 e. The van der Waals surface area contributed by atoms with Crippen LogP contribution in [-0.2, 0) is 7.05 Å². The van der Waals surface area contributed by atoms with Crippen LogP contribution in [-0.4, -0.2) is 15.5 Å². The molecule has 1 N–H and O–H groups in total. The van der Waals surface area contributed by atoms with E-state index in [1.165, 1.54) is 24.3 Å². The molecule has 3 rings (SSSR count). The molecule has 1 amide bonds. The molecule has 0 aliphatic carbocycles. The molecule has 0 radical (unpaired) electrons. The van der Waals surface area contributed by atoms with Crippen LogP contribution in [0.4, 0.5) is 13.2 Å². The van der Waals surface area contributed by atoms with E-state index in [9.17, 15) is 18.0 Å². The van der Waals surface area contributed by atoms with E-state index in [0.29, 0.717) is 17.5 Å². The summed E-state index contributed by atoms with van der Waals surface area (Å²) in [6.45, 7) is 0. The van der Waals surface area contributed by atoms with Crippen LogP contribution in [0, 0.1) is 17.5 Å². The van der Waals surface area contributed by atoms with E-state index >= 15 is 0 Å². The van der Waals surface area contributed by atoms with Gasteiger partial charge in [0.15, 0.2) is 0 Å². The number of hydrogen-bond donors (Lipinski definition) is 1. The van der Waals surface area contributed by atoms with E-state index in [4.69, 9.17) is 0 Å². The number of benzene rings is 2. The standard InChI is InChI=1S/C18H14F3N3O/c1-24-9-8-22-17(24)16(11-2-4-12(19)5-3-11)23-18(25)14-7-6-13(20)10-15(14)21/h2-10,16H,1H3,(H,23,25)/t16-/m0/s1. The fourth-order valence-corrected chi connectivity index (χ4v) is 2.49. The first-order valence-corrected chi connectivity index (χ1v) is 7.44. The second kappa shape index (κ2) is 6.80. The van der Waals surface area contributed by atoms with Gasteiger partial charge in [0.25, 0.3) is 5.91 Å². The van der Waals surface area contributed by atoms with Crippen LogP contribution in [0.5, 0.6) is 0 Å². The number of aryl methyl sites for hydroxylation is 1. The topological polar surface area (TPSA) is 46.9 Å².